The van der Waals surface area contributed by atoms with Crippen molar-refractivity contribution in [2.75, 3.05) is 0 Å². The fourth-order valence-corrected chi connectivity index (χ4v) is 2.58. The number of ketones is 1. The van der Waals surface area contributed by atoms with Crippen LogP contribution in [0.1, 0.15) is 22.3 Å². The van der Waals surface area contributed by atoms with Crippen molar-refractivity contribution in [2.45, 2.75) is 36.8 Å². The summed E-state index contributed by atoms with van der Waals surface area (Å²) >= 11 is 0. The van der Waals surface area contributed by atoms with E-state index in [9.17, 15) is 49.4 Å². The number of Topliss-reactive ketones (excluding diaryl/α,β-unsaturated/α-hetero) is 1. The highest BCUT2D eigenvalue weighted by molar-refractivity contribution is 6.01. The summed E-state index contributed by atoms with van der Waals surface area (Å²) in [4.78, 5) is 12.0. The molecule has 0 heterocycles. The molecule has 1 N–H and O–H groups in total. The molecule has 1 aromatic rings. The molecule has 1 aliphatic carbocycles. The number of aromatic hydroxyl groups is 1. The second-order valence-corrected chi connectivity index (χ2v) is 5.57. The van der Waals surface area contributed by atoms with E-state index in [4.69, 9.17) is 0 Å². The van der Waals surface area contributed by atoms with Crippen LogP contribution in [0, 0.1) is 5.92 Å². The van der Waals surface area contributed by atoms with Crippen molar-refractivity contribution in [3.63, 3.8) is 0 Å². The Morgan fingerprint density at radius 1 is 0.920 bits per heavy atom. The SMILES string of the molecule is O=C1c2cc(O)ccc2CCC1C(F)(F)C(F)(F)C(F)(F)C(F)(F)F. The Morgan fingerprint density at radius 3 is 2.00 bits per heavy atom. The topological polar surface area (TPSA) is 37.3 Å². The number of rotatable bonds is 3. The average molecular weight is 380 g/mol. The molecule has 1 aliphatic rings. The van der Waals surface area contributed by atoms with Gasteiger partial charge in [0.2, 0.25) is 0 Å². The quantitative estimate of drug-likeness (QED) is 0.778. The molecule has 2 rings (SSSR count). The lowest BCUT2D eigenvalue weighted by atomic mass is 9.76. The van der Waals surface area contributed by atoms with Crippen molar-refractivity contribution in [2.24, 2.45) is 5.92 Å². The van der Waals surface area contributed by atoms with Crippen molar-refractivity contribution in [3.8, 4) is 5.75 Å². The van der Waals surface area contributed by atoms with Crippen molar-refractivity contribution >= 4 is 5.78 Å². The normalized spacial score (nSPS) is 19.7. The minimum Gasteiger partial charge on any atom is -0.508 e. The van der Waals surface area contributed by atoms with E-state index in [1.54, 1.807) is 0 Å². The Hall–Kier alpha value is -1.94. The third-order valence-electron chi connectivity index (χ3n) is 3.98. The number of carbonyl (C=O) groups excluding carboxylic acids is 1. The van der Waals surface area contributed by atoms with Gasteiger partial charge in [0, 0.05) is 5.56 Å². The number of phenolic OH excluding ortho intramolecular Hbond substituents is 1. The first-order valence-corrected chi connectivity index (χ1v) is 6.71. The van der Waals surface area contributed by atoms with Crippen LogP contribution in [0.5, 0.6) is 5.75 Å². The van der Waals surface area contributed by atoms with Crippen LogP contribution >= 0.6 is 0 Å². The minimum atomic E-state index is -7.04. The number of phenols is 1. The number of halogens is 9. The number of hydrogen-bond acceptors (Lipinski definition) is 2. The predicted molar refractivity (Wildman–Crippen MR) is 65.1 cm³/mol. The van der Waals surface area contributed by atoms with Gasteiger partial charge in [0.1, 0.15) is 5.75 Å². The molecule has 0 spiro atoms. The van der Waals surface area contributed by atoms with Crippen molar-refractivity contribution < 1.29 is 49.4 Å². The van der Waals surface area contributed by atoms with Crippen LogP contribution < -0.4 is 0 Å². The zero-order valence-electron chi connectivity index (χ0n) is 12.0. The maximum atomic E-state index is 13.9. The monoisotopic (exact) mass is 380 g/mol. The molecule has 1 unspecified atom stereocenters. The van der Waals surface area contributed by atoms with E-state index in [0.717, 1.165) is 12.1 Å². The van der Waals surface area contributed by atoms with Crippen molar-refractivity contribution in [1.82, 2.24) is 0 Å². The average Bonchev–Trinajstić information content (AvgIpc) is 2.46. The van der Waals surface area contributed by atoms with E-state index in [-0.39, 0.29) is 5.56 Å². The second-order valence-electron chi connectivity index (χ2n) is 5.57. The van der Waals surface area contributed by atoms with Gasteiger partial charge in [-0.1, -0.05) is 6.07 Å². The second kappa shape index (κ2) is 5.53. The van der Waals surface area contributed by atoms with Crippen LogP contribution in [-0.4, -0.2) is 34.8 Å². The summed E-state index contributed by atoms with van der Waals surface area (Å²) in [7, 11) is 0. The number of hydrogen-bond donors (Lipinski definition) is 1. The lowest BCUT2D eigenvalue weighted by molar-refractivity contribution is -0.400. The predicted octanol–water partition coefficient (Wildman–Crippen LogP) is 4.61. The zero-order chi connectivity index (χ0) is 19.4. The summed E-state index contributed by atoms with van der Waals surface area (Å²) in [5, 5.41) is 9.23. The smallest absolute Gasteiger partial charge is 0.460 e. The number of fused-ring (bicyclic) bond motifs is 1. The third-order valence-corrected chi connectivity index (χ3v) is 3.98. The molecule has 0 radical (unpaired) electrons. The molecular formula is C14H9F9O2. The van der Waals surface area contributed by atoms with E-state index in [1.807, 2.05) is 0 Å². The first-order valence-electron chi connectivity index (χ1n) is 6.71. The maximum absolute atomic E-state index is 13.9. The van der Waals surface area contributed by atoms with Gasteiger partial charge in [-0.05, 0) is 30.5 Å². The van der Waals surface area contributed by atoms with E-state index >= 15 is 0 Å². The maximum Gasteiger partial charge on any atom is 0.460 e. The van der Waals surface area contributed by atoms with Crippen LogP contribution in [0.2, 0.25) is 0 Å². The minimum absolute atomic E-state index is 0.0840. The molecule has 1 aromatic carbocycles. The summed E-state index contributed by atoms with van der Waals surface area (Å²) < 4.78 is 117. The van der Waals surface area contributed by atoms with E-state index in [0.29, 0.717) is 6.07 Å². The Bertz CT molecular complexity index is 694. The fraction of sp³-hybridized carbons (Fsp3) is 0.500. The summed E-state index contributed by atoms with van der Waals surface area (Å²) in [6, 6.07) is 2.89. The molecule has 0 saturated carbocycles. The first kappa shape index (κ1) is 19.4. The van der Waals surface area contributed by atoms with Gasteiger partial charge in [-0.2, -0.15) is 39.5 Å². The fourth-order valence-electron chi connectivity index (χ4n) is 2.58. The van der Waals surface area contributed by atoms with Gasteiger partial charge in [0.05, 0.1) is 5.92 Å². The molecule has 0 amide bonds. The van der Waals surface area contributed by atoms with E-state index < -0.39 is 59.8 Å². The van der Waals surface area contributed by atoms with Crippen molar-refractivity contribution in [1.29, 1.82) is 0 Å². The molecule has 0 fully saturated rings. The van der Waals surface area contributed by atoms with Crippen LogP contribution in [0.4, 0.5) is 39.5 Å². The van der Waals surface area contributed by atoms with E-state index in [2.05, 4.69) is 0 Å². The molecule has 1 atom stereocenters. The Kier molecular flexibility index (Phi) is 4.29. The molecule has 2 nitrogen and oxygen atoms in total. The van der Waals surface area contributed by atoms with Gasteiger partial charge in [0.25, 0.3) is 0 Å². The van der Waals surface area contributed by atoms with Gasteiger partial charge in [-0.15, -0.1) is 0 Å². The zero-order valence-corrected chi connectivity index (χ0v) is 12.0. The molecule has 140 valence electrons. The van der Waals surface area contributed by atoms with Crippen molar-refractivity contribution in [3.05, 3.63) is 29.3 Å². The number of carbonyl (C=O) groups is 1. The third kappa shape index (κ3) is 2.73. The van der Waals surface area contributed by atoms with Crippen LogP contribution in [0.3, 0.4) is 0 Å². The lowest BCUT2D eigenvalue weighted by Gasteiger charge is -2.38. The van der Waals surface area contributed by atoms with Crippen LogP contribution in [0.15, 0.2) is 18.2 Å². The number of benzene rings is 1. The summed E-state index contributed by atoms with van der Waals surface area (Å²) in [6.07, 6.45) is -8.42. The van der Waals surface area contributed by atoms with Crippen LogP contribution in [0.25, 0.3) is 0 Å². The largest absolute Gasteiger partial charge is 0.508 e. The van der Waals surface area contributed by atoms with Gasteiger partial charge < -0.3 is 5.11 Å². The van der Waals surface area contributed by atoms with Gasteiger partial charge in [0.15, 0.2) is 5.78 Å². The van der Waals surface area contributed by atoms with E-state index in [1.165, 1.54) is 0 Å². The molecule has 0 aromatic heterocycles. The number of aryl methyl sites for hydroxylation is 1. The summed E-state index contributed by atoms with van der Waals surface area (Å²) in [5.41, 5.74) is -0.539. The Morgan fingerprint density at radius 2 is 1.48 bits per heavy atom. The standard InChI is InChI=1S/C14H9F9O2/c15-11(16,12(17,18)13(19,20)14(21,22)23)9-4-2-6-1-3-7(24)5-8(6)10(9)25/h1,3,5,9,24H,2,4H2. The number of alkyl halides is 9. The van der Waals surface area contributed by atoms with Gasteiger partial charge >= 0.3 is 23.9 Å². The molecule has 0 bridgehead atoms. The first-order chi connectivity index (χ1) is 11.1. The van der Waals surface area contributed by atoms with Gasteiger partial charge in [-0.3, -0.25) is 4.79 Å². The molecule has 0 aliphatic heterocycles. The Balaban J connectivity index is 2.48. The highest BCUT2D eigenvalue weighted by atomic mass is 19.4. The van der Waals surface area contributed by atoms with Crippen LogP contribution in [-0.2, 0) is 6.42 Å². The lowest BCUT2D eigenvalue weighted by Crippen LogP contribution is -2.64. The molecule has 11 heteroatoms. The highest BCUT2D eigenvalue weighted by Gasteiger charge is 2.83. The summed E-state index contributed by atoms with van der Waals surface area (Å²) in [6.45, 7) is 0. The summed E-state index contributed by atoms with van der Waals surface area (Å²) in [5.74, 6) is -25.3. The molecular weight excluding hydrogens is 371 g/mol. The Labute approximate surface area is 134 Å². The molecule has 25 heavy (non-hydrogen) atoms. The van der Waals surface area contributed by atoms with Gasteiger partial charge in [-0.25, -0.2) is 0 Å². The molecule has 0 saturated heterocycles. The highest BCUT2D eigenvalue weighted by Crippen LogP contribution is 2.56.